The van der Waals surface area contributed by atoms with Crippen LogP contribution in [0.25, 0.3) is 0 Å². The predicted molar refractivity (Wildman–Crippen MR) is 145 cm³/mol. The van der Waals surface area contributed by atoms with E-state index < -0.39 is 14.4 Å². The van der Waals surface area contributed by atoms with Crippen molar-refractivity contribution >= 4 is 8.32 Å². The molecule has 1 aliphatic rings. The summed E-state index contributed by atoms with van der Waals surface area (Å²) in [5.41, 5.74) is 1.21. The highest BCUT2D eigenvalue weighted by Crippen LogP contribution is 2.38. The van der Waals surface area contributed by atoms with Crippen molar-refractivity contribution in [2.45, 2.75) is 128 Å². The molecule has 1 aromatic rings. The Hall–Kier alpha value is -0.983. The van der Waals surface area contributed by atoms with Gasteiger partial charge in [-0.3, -0.25) is 0 Å². The third kappa shape index (κ3) is 10.3. The lowest BCUT2D eigenvalue weighted by molar-refractivity contribution is -0.0185. The van der Waals surface area contributed by atoms with Gasteiger partial charge in [0, 0.05) is 0 Å². The van der Waals surface area contributed by atoms with Gasteiger partial charge in [0.1, 0.15) is 0 Å². The van der Waals surface area contributed by atoms with Gasteiger partial charge in [0.2, 0.25) is 0 Å². The van der Waals surface area contributed by atoms with Crippen LogP contribution in [0.2, 0.25) is 18.1 Å². The number of rotatable bonds is 16. The van der Waals surface area contributed by atoms with Gasteiger partial charge in [0.15, 0.2) is 8.32 Å². The Balaban J connectivity index is 1.67. The number of hydrogen-bond acceptors (Lipinski definition) is 4. The molecule has 0 radical (unpaired) electrons. The predicted octanol–water partition coefficient (Wildman–Crippen LogP) is 7.42. The van der Waals surface area contributed by atoms with Crippen LogP contribution in [0.5, 0.6) is 0 Å². The van der Waals surface area contributed by atoms with Crippen molar-refractivity contribution in [3.63, 3.8) is 0 Å². The molecule has 1 N–H and O–H groups in total. The van der Waals surface area contributed by atoms with E-state index in [0.717, 1.165) is 25.7 Å². The molecule has 1 saturated heterocycles. The molecular formula is C29H50O4Si. The Bertz CT molecular complexity index is 685. The molecule has 0 unspecified atom stereocenters. The lowest BCUT2D eigenvalue weighted by atomic mass is 10.0. The van der Waals surface area contributed by atoms with Crippen LogP contribution in [0.4, 0.5) is 0 Å². The van der Waals surface area contributed by atoms with Crippen LogP contribution in [-0.2, 0) is 20.5 Å². The van der Waals surface area contributed by atoms with Gasteiger partial charge >= 0.3 is 0 Å². The van der Waals surface area contributed by atoms with E-state index in [2.05, 4.69) is 64.7 Å². The molecule has 4 nitrogen and oxygen atoms in total. The van der Waals surface area contributed by atoms with Crippen LogP contribution in [-0.4, -0.2) is 44.4 Å². The van der Waals surface area contributed by atoms with E-state index in [-0.39, 0.29) is 17.2 Å². The topological polar surface area (TPSA) is 47.9 Å². The molecule has 194 valence electrons. The molecule has 5 heteroatoms. The average molecular weight is 491 g/mol. The van der Waals surface area contributed by atoms with Crippen LogP contribution < -0.4 is 0 Å². The molecule has 0 saturated carbocycles. The maximum absolute atomic E-state index is 9.86. The molecule has 4 atom stereocenters. The van der Waals surface area contributed by atoms with E-state index in [9.17, 15) is 5.11 Å². The summed E-state index contributed by atoms with van der Waals surface area (Å²) in [6, 6.07) is 10.4. The van der Waals surface area contributed by atoms with Crippen LogP contribution >= 0.6 is 0 Å². The minimum Gasteiger partial charge on any atom is -0.412 e. The Labute approximate surface area is 210 Å². The van der Waals surface area contributed by atoms with Gasteiger partial charge in [-0.15, -0.1) is 6.58 Å². The zero-order valence-corrected chi connectivity index (χ0v) is 23.4. The minimum atomic E-state index is -1.83. The Morgan fingerprint density at radius 1 is 1.09 bits per heavy atom. The third-order valence-corrected chi connectivity index (χ3v) is 12.0. The van der Waals surface area contributed by atoms with E-state index >= 15 is 0 Å². The normalized spacial score (nSPS) is 20.9. The van der Waals surface area contributed by atoms with Gasteiger partial charge in [-0.2, -0.15) is 0 Å². The van der Waals surface area contributed by atoms with Crippen molar-refractivity contribution in [2.75, 3.05) is 6.61 Å². The van der Waals surface area contributed by atoms with Gasteiger partial charge in [0.25, 0.3) is 0 Å². The zero-order chi connectivity index (χ0) is 25.0. The number of aliphatic hydroxyl groups excluding tert-OH is 1. The summed E-state index contributed by atoms with van der Waals surface area (Å²) in [5, 5.41) is 10.1. The SMILES string of the molecule is C=C[C@H](O)[C@@H]1CC[C@H](CCCCCCC[C@H](COCc2ccccc2)O[Si](C)(C)C(C)(C)C)O1. The van der Waals surface area contributed by atoms with E-state index in [1.165, 1.54) is 37.7 Å². The van der Waals surface area contributed by atoms with Crippen molar-refractivity contribution < 1.29 is 19.0 Å². The van der Waals surface area contributed by atoms with E-state index in [0.29, 0.717) is 19.3 Å². The second kappa shape index (κ2) is 14.5. The van der Waals surface area contributed by atoms with Crippen molar-refractivity contribution in [2.24, 2.45) is 0 Å². The largest absolute Gasteiger partial charge is 0.412 e. The van der Waals surface area contributed by atoms with E-state index in [1.807, 2.05) is 6.07 Å². The summed E-state index contributed by atoms with van der Waals surface area (Å²) in [7, 11) is -1.83. The Kier molecular flexibility index (Phi) is 12.5. The summed E-state index contributed by atoms with van der Waals surface area (Å²) in [5.74, 6) is 0. The van der Waals surface area contributed by atoms with Crippen LogP contribution in [0, 0.1) is 0 Å². The highest BCUT2D eigenvalue weighted by atomic mass is 28.4. The lowest BCUT2D eigenvalue weighted by Gasteiger charge is -2.39. The first kappa shape index (κ1) is 29.2. The number of hydrogen-bond donors (Lipinski definition) is 1. The van der Waals surface area contributed by atoms with Crippen LogP contribution in [0.1, 0.15) is 84.1 Å². The first-order valence-corrected chi connectivity index (χ1v) is 16.3. The van der Waals surface area contributed by atoms with Gasteiger partial charge in [-0.05, 0) is 49.4 Å². The van der Waals surface area contributed by atoms with Crippen molar-refractivity contribution in [1.82, 2.24) is 0 Å². The molecule has 0 amide bonds. The first-order valence-electron chi connectivity index (χ1n) is 13.4. The molecular weight excluding hydrogens is 440 g/mol. The Morgan fingerprint density at radius 2 is 1.76 bits per heavy atom. The summed E-state index contributed by atoms with van der Waals surface area (Å²) in [4.78, 5) is 0. The molecule has 0 aromatic heterocycles. The maximum Gasteiger partial charge on any atom is 0.192 e. The quantitative estimate of drug-likeness (QED) is 0.149. The van der Waals surface area contributed by atoms with Crippen molar-refractivity contribution in [3.05, 3.63) is 48.6 Å². The zero-order valence-electron chi connectivity index (χ0n) is 22.4. The molecule has 0 spiro atoms. The number of unbranched alkanes of at least 4 members (excludes halogenated alkanes) is 4. The lowest BCUT2D eigenvalue weighted by Crippen LogP contribution is -2.45. The van der Waals surface area contributed by atoms with Crippen LogP contribution in [0.3, 0.4) is 0 Å². The minimum absolute atomic E-state index is 0.0514. The summed E-state index contributed by atoms with van der Waals surface area (Å²) in [6.45, 7) is 16.5. The monoisotopic (exact) mass is 490 g/mol. The fourth-order valence-corrected chi connectivity index (χ4v) is 5.65. The van der Waals surface area contributed by atoms with Gasteiger partial charge in [-0.25, -0.2) is 0 Å². The maximum atomic E-state index is 9.86. The summed E-state index contributed by atoms with van der Waals surface area (Å²) in [6.07, 6.45) is 11.8. The molecule has 0 aliphatic carbocycles. The van der Waals surface area contributed by atoms with Gasteiger partial charge in [0.05, 0.1) is 37.6 Å². The molecule has 2 rings (SSSR count). The number of ether oxygens (including phenoxy) is 2. The standard InChI is InChI=1S/C29H50O4Si/c1-7-27(30)28-21-20-25(32-28)18-14-9-8-10-15-19-26(33-34(5,6)29(2,3)4)23-31-22-24-16-12-11-13-17-24/h7,11-13,16-17,25-28,30H,1,8-10,14-15,18-23H2,2-6H3/t25-,26+,27-,28-/m0/s1. The fourth-order valence-electron chi connectivity index (χ4n) is 4.28. The first-order chi connectivity index (χ1) is 16.1. The molecule has 0 bridgehead atoms. The van der Waals surface area contributed by atoms with Gasteiger partial charge in [-0.1, -0.05) is 89.3 Å². The third-order valence-electron chi connectivity index (χ3n) is 7.50. The highest BCUT2D eigenvalue weighted by Gasteiger charge is 2.39. The van der Waals surface area contributed by atoms with Crippen molar-refractivity contribution in [1.29, 1.82) is 0 Å². The molecule has 34 heavy (non-hydrogen) atoms. The summed E-state index contributed by atoms with van der Waals surface area (Å²) < 4.78 is 18.8. The highest BCUT2D eigenvalue weighted by molar-refractivity contribution is 6.74. The Morgan fingerprint density at radius 3 is 2.44 bits per heavy atom. The molecule has 1 aromatic carbocycles. The molecule has 1 aliphatic heterocycles. The second-order valence-electron chi connectivity index (χ2n) is 11.4. The molecule has 1 heterocycles. The van der Waals surface area contributed by atoms with E-state index in [1.54, 1.807) is 6.08 Å². The number of aliphatic hydroxyl groups is 1. The van der Waals surface area contributed by atoms with Crippen LogP contribution in [0.15, 0.2) is 43.0 Å². The smallest absolute Gasteiger partial charge is 0.192 e. The average Bonchev–Trinajstić information content (AvgIpc) is 3.26. The fraction of sp³-hybridized carbons (Fsp3) is 0.724. The number of benzene rings is 1. The second-order valence-corrected chi connectivity index (χ2v) is 16.2. The van der Waals surface area contributed by atoms with E-state index in [4.69, 9.17) is 13.9 Å². The summed E-state index contributed by atoms with van der Waals surface area (Å²) >= 11 is 0. The van der Waals surface area contributed by atoms with Crippen molar-refractivity contribution in [3.8, 4) is 0 Å². The molecule has 1 fully saturated rings. The van der Waals surface area contributed by atoms with Gasteiger partial charge < -0.3 is 19.0 Å².